The normalized spacial score (nSPS) is 18.5. The van der Waals surface area contributed by atoms with Crippen LogP contribution in [-0.4, -0.2) is 64.2 Å². The molecule has 1 aliphatic heterocycles. The second-order valence-corrected chi connectivity index (χ2v) is 29.6. The fraction of sp³-hybridized carbons (Fsp3) is 0.565. The maximum Gasteiger partial charge on any atom is 0.317 e. The van der Waals surface area contributed by atoms with Crippen molar-refractivity contribution in [3.63, 3.8) is 0 Å². The summed E-state index contributed by atoms with van der Waals surface area (Å²) in [4.78, 5) is 10.7. The fourth-order valence-corrected chi connectivity index (χ4v) is 20.6. The van der Waals surface area contributed by atoms with E-state index in [1.807, 2.05) is 24.9 Å². The molecular formula is C46H63F4N3O2Si2. The summed E-state index contributed by atoms with van der Waals surface area (Å²) in [6.07, 6.45) is 0.595. The molecule has 0 radical (unpaired) electrons. The van der Waals surface area contributed by atoms with E-state index in [0.29, 0.717) is 36.0 Å². The zero-order chi connectivity index (χ0) is 42.4. The maximum absolute atomic E-state index is 17.3. The van der Waals surface area contributed by atoms with Gasteiger partial charge in [0.15, 0.2) is 5.82 Å². The molecule has 1 aromatic heterocycles. The first-order chi connectivity index (χ1) is 26.6. The van der Waals surface area contributed by atoms with Gasteiger partial charge in [0.1, 0.15) is 43.8 Å². The van der Waals surface area contributed by atoms with Gasteiger partial charge in [0.25, 0.3) is 8.32 Å². The molecule has 1 saturated heterocycles. The smallest absolute Gasteiger partial charge is 0.317 e. The number of likely N-dealkylation sites (tertiary alicyclic amines) is 1. The Morgan fingerprint density at radius 3 is 2.04 bits per heavy atom. The molecular weight excluding hydrogens is 759 g/mol. The second kappa shape index (κ2) is 17.0. The van der Waals surface area contributed by atoms with Crippen molar-refractivity contribution in [1.82, 2.24) is 14.9 Å². The Balaban J connectivity index is 1.80. The third-order valence-corrected chi connectivity index (χ3v) is 25.3. The van der Waals surface area contributed by atoms with Crippen molar-refractivity contribution >= 4 is 38.1 Å². The van der Waals surface area contributed by atoms with E-state index in [0.717, 1.165) is 0 Å². The Hall–Kier alpha value is -3.47. The Morgan fingerprint density at radius 1 is 0.842 bits per heavy atom. The van der Waals surface area contributed by atoms with Gasteiger partial charge in [-0.15, -0.1) is 5.54 Å². The zero-order valence-corrected chi connectivity index (χ0v) is 38.5. The highest BCUT2D eigenvalue weighted by molar-refractivity contribution is 6.90. The van der Waals surface area contributed by atoms with Crippen molar-refractivity contribution in [2.24, 2.45) is 5.41 Å². The summed E-state index contributed by atoms with van der Waals surface area (Å²) < 4.78 is 78.5. The molecule has 0 amide bonds. The summed E-state index contributed by atoms with van der Waals surface area (Å²) in [5.41, 5.74) is 4.05. The second-order valence-electron chi connectivity index (χ2n) is 18.6. The Bertz CT molecular complexity index is 2120. The lowest BCUT2D eigenvalue weighted by Gasteiger charge is -2.42. The van der Waals surface area contributed by atoms with Gasteiger partial charge in [-0.2, -0.15) is 4.98 Å². The van der Waals surface area contributed by atoms with Gasteiger partial charge in [-0.05, 0) is 76.4 Å². The highest BCUT2D eigenvalue weighted by Crippen LogP contribution is 2.47. The van der Waals surface area contributed by atoms with Gasteiger partial charge in [-0.1, -0.05) is 102 Å². The molecule has 0 aliphatic carbocycles. The Kier molecular flexibility index (Phi) is 13.3. The molecule has 5 rings (SSSR count). The number of halogens is 4. The van der Waals surface area contributed by atoms with E-state index in [4.69, 9.17) is 9.16 Å². The van der Waals surface area contributed by atoms with E-state index in [1.54, 1.807) is 12.1 Å². The predicted octanol–water partition coefficient (Wildman–Crippen LogP) is 13.0. The van der Waals surface area contributed by atoms with Crippen LogP contribution < -0.4 is 9.16 Å². The minimum absolute atomic E-state index is 0.0217. The summed E-state index contributed by atoms with van der Waals surface area (Å²) >= 11 is 0. The van der Waals surface area contributed by atoms with Crippen molar-refractivity contribution < 1.29 is 26.7 Å². The molecule has 1 fully saturated rings. The molecule has 1 aliphatic rings. The minimum atomic E-state index is -2.55. The summed E-state index contributed by atoms with van der Waals surface area (Å²) in [7, 11) is -2.97. The van der Waals surface area contributed by atoms with Gasteiger partial charge in [0.05, 0.1) is 11.1 Å². The van der Waals surface area contributed by atoms with Crippen LogP contribution in [-0.2, 0) is 0 Å². The molecule has 4 aromatic rings. The topological polar surface area (TPSA) is 47.5 Å². The van der Waals surface area contributed by atoms with Crippen LogP contribution in [0.2, 0.25) is 33.2 Å². The average molecular weight is 822 g/mol. The number of hydrogen-bond acceptors (Lipinski definition) is 5. The van der Waals surface area contributed by atoms with E-state index >= 15 is 17.6 Å². The van der Waals surface area contributed by atoms with Gasteiger partial charge in [-0.25, -0.2) is 22.5 Å². The third kappa shape index (κ3) is 8.25. The number of piperidine rings is 1. The van der Waals surface area contributed by atoms with Crippen molar-refractivity contribution in [2.75, 3.05) is 26.7 Å². The van der Waals surface area contributed by atoms with E-state index in [-0.39, 0.29) is 73.5 Å². The lowest BCUT2D eigenvalue weighted by Crippen LogP contribution is -2.50. The molecule has 0 N–H and O–H groups in total. The summed E-state index contributed by atoms with van der Waals surface area (Å²) in [6.45, 7) is 29.1. The fourth-order valence-electron chi connectivity index (χ4n) is 10.2. The maximum atomic E-state index is 17.3. The Labute approximate surface area is 340 Å². The number of ether oxygens (including phenoxy) is 1. The first-order valence-electron chi connectivity index (χ1n) is 20.7. The number of rotatable bonds is 12. The van der Waals surface area contributed by atoms with Gasteiger partial charge >= 0.3 is 6.01 Å². The van der Waals surface area contributed by atoms with Crippen LogP contribution >= 0.6 is 0 Å². The van der Waals surface area contributed by atoms with Gasteiger partial charge in [0, 0.05) is 41.0 Å². The number of fused-ring (bicyclic) bond motifs is 2. The standard InChI is InChI=1S/C46H63F4N3O2Si2/c1-27(2)56(28(3)4,29(5)6)20-18-36-38(47)16-15-33-21-35(55-57(30(7)8,31(9)10)32(11)12)23-37(41(33)36)42-39(48)22-34-24-51-45(52-44(34)43(42)50)54-26-46(13)25-53(14)19-17-40(46)49/h15-16,21-24,27-32,40H,17,19,25-26H2,1-14H3/t40?,46-/m0/s1. The molecule has 0 bridgehead atoms. The SMILES string of the molecule is CC(C)[Si](C#Cc1c(F)ccc2cc(O[Si](C(C)C)(C(C)C)C(C)C)cc(-c3c(F)cc4cnc(OC[C@]5(C)CN(C)CCC5F)nc4c3F)c12)(C(C)C)C(C)C. The van der Waals surface area contributed by atoms with Crippen LogP contribution in [0.25, 0.3) is 32.8 Å². The Morgan fingerprint density at radius 2 is 1.46 bits per heavy atom. The zero-order valence-electron chi connectivity index (χ0n) is 36.5. The van der Waals surface area contributed by atoms with Crippen LogP contribution in [0, 0.1) is 34.3 Å². The molecule has 11 heteroatoms. The summed E-state index contributed by atoms with van der Waals surface area (Å²) in [5.74, 6) is 1.41. The predicted molar refractivity (Wildman–Crippen MR) is 233 cm³/mol. The van der Waals surface area contributed by atoms with Crippen LogP contribution in [0.5, 0.6) is 11.8 Å². The van der Waals surface area contributed by atoms with E-state index in [9.17, 15) is 0 Å². The highest BCUT2D eigenvalue weighted by Gasteiger charge is 2.47. The molecule has 310 valence electrons. The molecule has 2 atom stereocenters. The van der Waals surface area contributed by atoms with Gasteiger partial charge < -0.3 is 14.1 Å². The minimum Gasteiger partial charge on any atom is -0.543 e. The number of hydrogen-bond donors (Lipinski definition) is 0. The first kappa shape index (κ1) is 44.6. The van der Waals surface area contributed by atoms with Crippen LogP contribution in [0.1, 0.15) is 102 Å². The number of nitrogens with zero attached hydrogens (tertiary/aromatic N) is 3. The lowest BCUT2D eigenvalue weighted by atomic mass is 9.81. The van der Waals surface area contributed by atoms with Crippen molar-refractivity contribution in [3.8, 4) is 34.4 Å². The van der Waals surface area contributed by atoms with E-state index in [1.165, 1.54) is 18.3 Å². The molecule has 0 spiro atoms. The number of alkyl halides is 1. The lowest BCUT2D eigenvalue weighted by molar-refractivity contribution is -0.00846. The third-order valence-electron chi connectivity index (χ3n) is 13.0. The molecule has 5 nitrogen and oxygen atoms in total. The molecule has 1 unspecified atom stereocenters. The van der Waals surface area contributed by atoms with Crippen molar-refractivity contribution in [3.05, 3.63) is 59.5 Å². The van der Waals surface area contributed by atoms with Gasteiger partial charge in [0.2, 0.25) is 0 Å². The van der Waals surface area contributed by atoms with E-state index in [2.05, 4.69) is 105 Å². The highest BCUT2D eigenvalue weighted by atomic mass is 28.4. The number of benzene rings is 3. The number of aromatic nitrogens is 2. The van der Waals surface area contributed by atoms with Crippen molar-refractivity contribution in [1.29, 1.82) is 0 Å². The first-order valence-corrected chi connectivity index (χ1v) is 25.1. The molecule has 0 saturated carbocycles. The quantitative estimate of drug-likeness (QED) is 0.0809. The molecule has 3 aromatic carbocycles. The van der Waals surface area contributed by atoms with Crippen LogP contribution in [0.3, 0.4) is 0 Å². The molecule has 57 heavy (non-hydrogen) atoms. The summed E-state index contributed by atoms with van der Waals surface area (Å²) in [5, 5.41) is 1.00. The monoisotopic (exact) mass is 821 g/mol. The van der Waals surface area contributed by atoms with Gasteiger partial charge in [-0.3, -0.25) is 0 Å². The average Bonchev–Trinajstić information content (AvgIpc) is 3.11. The van der Waals surface area contributed by atoms with Crippen molar-refractivity contribution in [2.45, 2.75) is 136 Å². The molecule has 2 heterocycles. The van der Waals surface area contributed by atoms with Crippen LogP contribution in [0.4, 0.5) is 17.6 Å². The van der Waals surface area contributed by atoms with E-state index < -0.39 is 45.4 Å². The largest absolute Gasteiger partial charge is 0.543 e. The summed E-state index contributed by atoms with van der Waals surface area (Å²) in [6, 6.07) is 7.60. The van der Waals surface area contributed by atoms with Crippen LogP contribution in [0.15, 0.2) is 36.5 Å².